The lowest BCUT2D eigenvalue weighted by molar-refractivity contribution is 0.000224. The van der Waals surface area contributed by atoms with Crippen LogP contribution in [0.15, 0.2) is 24.3 Å². The third-order valence-electron chi connectivity index (χ3n) is 3.67. The number of ether oxygens (including phenoxy) is 1. The van der Waals surface area contributed by atoms with Gasteiger partial charge in [-0.1, -0.05) is 12.1 Å². The molecule has 1 unspecified atom stereocenters. The number of hydrogen-bond donors (Lipinski definition) is 1. The van der Waals surface area contributed by atoms with E-state index in [9.17, 15) is 9.90 Å². The lowest BCUT2D eigenvalue weighted by Gasteiger charge is -2.34. The number of para-hydroxylation sites is 1. The van der Waals surface area contributed by atoms with E-state index in [4.69, 9.17) is 4.74 Å². The molecule has 0 aliphatic carbocycles. The summed E-state index contributed by atoms with van der Waals surface area (Å²) in [5.74, 6) is 0.510. The third kappa shape index (κ3) is 2.73. The van der Waals surface area contributed by atoms with Crippen LogP contribution in [0.4, 0.5) is 0 Å². The standard InChI is InChI=1S/C15H21NO3/c1-15(2,18)13-9-6-10-16(13)14(17)11-7-4-5-8-12(11)19-3/h4-5,7-8,13,18H,6,9-10H2,1-3H3. The molecule has 1 saturated heterocycles. The summed E-state index contributed by atoms with van der Waals surface area (Å²) in [6, 6.07) is 7.08. The first kappa shape index (κ1) is 13.9. The van der Waals surface area contributed by atoms with Crippen LogP contribution in [-0.4, -0.2) is 41.2 Å². The van der Waals surface area contributed by atoms with E-state index in [0.717, 1.165) is 12.8 Å². The van der Waals surface area contributed by atoms with Crippen LogP contribution in [0.2, 0.25) is 0 Å². The molecular formula is C15H21NO3. The number of carbonyl (C=O) groups is 1. The molecule has 4 heteroatoms. The summed E-state index contributed by atoms with van der Waals surface area (Å²) < 4.78 is 5.24. The average molecular weight is 263 g/mol. The monoisotopic (exact) mass is 263 g/mol. The average Bonchev–Trinajstić information content (AvgIpc) is 2.87. The van der Waals surface area contributed by atoms with Crippen molar-refractivity contribution in [2.75, 3.05) is 13.7 Å². The van der Waals surface area contributed by atoms with Crippen molar-refractivity contribution in [2.45, 2.75) is 38.3 Å². The highest BCUT2D eigenvalue weighted by Gasteiger charge is 2.39. The van der Waals surface area contributed by atoms with Crippen LogP contribution < -0.4 is 4.74 Å². The predicted octanol–water partition coefficient (Wildman–Crippen LogP) is 2.07. The quantitative estimate of drug-likeness (QED) is 0.908. The van der Waals surface area contributed by atoms with Crippen LogP contribution in [0, 0.1) is 0 Å². The lowest BCUT2D eigenvalue weighted by atomic mass is 9.96. The zero-order valence-corrected chi connectivity index (χ0v) is 11.7. The minimum Gasteiger partial charge on any atom is -0.496 e. The molecule has 1 aromatic rings. The van der Waals surface area contributed by atoms with Crippen molar-refractivity contribution >= 4 is 5.91 Å². The first-order chi connectivity index (χ1) is 8.95. The van der Waals surface area contributed by atoms with E-state index >= 15 is 0 Å². The Bertz CT molecular complexity index is 465. The molecule has 1 amide bonds. The molecule has 19 heavy (non-hydrogen) atoms. The molecule has 1 aliphatic heterocycles. The van der Waals surface area contributed by atoms with Crippen molar-refractivity contribution in [3.05, 3.63) is 29.8 Å². The lowest BCUT2D eigenvalue weighted by Crippen LogP contribution is -2.48. The smallest absolute Gasteiger partial charge is 0.257 e. The van der Waals surface area contributed by atoms with Gasteiger partial charge in [0.25, 0.3) is 5.91 Å². The Labute approximate surface area is 114 Å². The molecule has 1 aromatic carbocycles. The molecule has 4 nitrogen and oxygen atoms in total. The van der Waals surface area contributed by atoms with Crippen LogP contribution in [0.5, 0.6) is 5.75 Å². The minimum absolute atomic E-state index is 0.0675. The van der Waals surface area contributed by atoms with E-state index in [1.165, 1.54) is 0 Å². The van der Waals surface area contributed by atoms with Gasteiger partial charge in [0, 0.05) is 6.54 Å². The second kappa shape index (κ2) is 5.21. The fourth-order valence-electron chi connectivity index (χ4n) is 2.72. The van der Waals surface area contributed by atoms with Crippen molar-refractivity contribution in [1.82, 2.24) is 4.90 Å². The fraction of sp³-hybridized carbons (Fsp3) is 0.533. The SMILES string of the molecule is COc1ccccc1C(=O)N1CCCC1C(C)(C)O. The summed E-state index contributed by atoms with van der Waals surface area (Å²) in [6.07, 6.45) is 1.76. The van der Waals surface area contributed by atoms with Gasteiger partial charge < -0.3 is 14.7 Å². The highest BCUT2D eigenvalue weighted by molar-refractivity contribution is 5.97. The molecule has 0 spiro atoms. The summed E-state index contributed by atoms with van der Waals surface area (Å²) in [6.45, 7) is 4.20. The van der Waals surface area contributed by atoms with E-state index < -0.39 is 5.60 Å². The molecular weight excluding hydrogens is 242 g/mol. The van der Waals surface area contributed by atoms with Crippen LogP contribution in [-0.2, 0) is 0 Å². The van der Waals surface area contributed by atoms with E-state index in [0.29, 0.717) is 17.9 Å². The van der Waals surface area contributed by atoms with E-state index in [-0.39, 0.29) is 11.9 Å². The van der Waals surface area contributed by atoms with E-state index in [1.807, 2.05) is 12.1 Å². The topological polar surface area (TPSA) is 49.8 Å². The van der Waals surface area contributed by atoms with Gasteiger partial charge in [0.1, 0.15) is 5.75 Å². The van der Waals surface area contributed by atoms with Gasteiger partial charge in [-0.05, 0) is 38.8 Å². The van der Waals surface area contributed by atoms with Crippen LogP contribution >= 0.6 is 0 Å². The molecule has 104 valence electrons. The minimum atomic E-state index is -0.881. The van der Waals surface area contributed by atoms with Gasteiger partial charge in [0.15, 0.2) is 0 Å². The number of aliphatic hydroxyl groups is 1. The van der Waals surface area contributed by atoms with Gasteiger partial charge in [-0.3, -0.25) is 4.79 Å². The molecule has 1 fully saturated rings. The van der Waals surface area contributed by atoms with Gasteiger partial charge in [-0.25, -0.2) is 0 Å². The fourth-order valence-corrected chi connectivity index (χ4v) is 2.72. The van der Waals surface area contributed by atoms with E-state index in [1.54, 1.807) is 38.0 Å². The zero-order chi connectivity index (χ0) is 14.0. The highest BCUT2D eigenvalue weighted by atomic mass is 16.5. The number of likely N-dealkylation sites (tertiary alicyclic amines) is 1. The Morgan fingerprint density at radius 2 is 2.11 bits per heavy atom. The largest absolute Gasteiger partial charge is 0.496 e. The summed E-state index contributed by atoms with van der Waals surface area (Å²) in [5, 5.41) is 10.2. The normalized spacial score (nSPS) is 19.6. The number of nitrogens with zero attached hydrogens (tertiary/aromatic N) is 1. The second-order valence-electron chi connectivity index (χ2n) is 5.51. The Morgan fingerprint density at radius 3 is 2.74 bits per heavy atom. The van der Waals surface area contributed by atoms with Crippen molar-refractivity contribution in [3.63, 3.8) is 0 Å². The zero-order valence-electron chi connectivity index (χ0n) is 11.7. The molecule has 0 aromatic heterocycles. The highest BCUT2D eigenvalue weighted by Crippen LogP contribution is 2.30. The summed E-state index contributed by atoms with van der Waals surface area (Å²) in [7, 11) is 1.56. The number of rotatable bonds is 3. The third-order valence-corrected chi connectivity index (χ3v) is 3.67. The predicted molar refractivity (Wildman–Crippen MR) is 73.4 cm³/mol. The first-order valence-corrected chi connectivity index (χ1v) is 6.61. The van der Waals surface area contributed by atoms with Gasteiger partial charge in [-0.15, -0.1) is 0 Å². The first-order valence-electron chi connectivity index (χ1n) is 6.61. The maximum atomic E-state index is 12.6. The van der Waals surface area contributed by atoms with Crippen LogP contribution in [0.3, 0.4) is 0 Å². The maximum absolute atomic E-state index is 12.6. The van der Waals surface area contributed by atoms with Crippen LogP contribution in [0.25, 0.3) is 0 Å². The number of methoxy groups -OCH3 is 1. The second-order valence-corrected chi connectivity index (χ2v) is 5.51. The molecule has 1 heterocycles. The Morgan fingerprint density at radius 1 is 1.42 bits per heavy atom. The van der Waals surface area contributed by atoms with Crippen molar-refractivity contribution in [3.8, 4) is 5.75 Å². The van der Waals surface area contributed by atoms with Crippen LogP contribution in [0.1, 0.15) is 37.0 Å². The Hall–Kier alpha value is -1.55. The number of carbonyl (C=O) groups excluding carboxylic acids is 1. The molecule has 1 N–H and O–H groups in total. The van der Waals surface area contributed by atoms with E-state index in [2.05, 4.69) is 0 Å². The molecule has 1 aliphatic rings. The number of amides is 1. The number of hydrogen-bond acceptors (Lipinski definition) is 3. The molecule has 1 atom stereocenters. The maximum Gasteiger partial charge on any atom is 0.257 e. The molecule has 0 bridgehead atoms. The van der Waals surface area contributed by atoms with Gasteiger partial charge in [0.2, 0.25) is 0 Å². The molecule has 0 radical (unpaired) electrons. The molecule has 2 rings (SSSR count). The summed E-state index contributed by atoms with van der Waals surface area (Å²) in [5.41, 5.74) is -0.324. The van der Waals surface area contributed by atoms with Crippen molar-refractivity contribution in [2.24, 2.45) is 0 Å². The Kier molecular flexibility index (Phi) is 3.80. The van der Waals surface area contributed by atoms with Gasteiger partial charge in [0.05, 0.1) is 24.3 Å². The van der Waals surface area contributed by atoms with Gasteiger partial charge >= 0.3 is 0 Å². The van der Waals surface area contributed by atoms with Crippen molar-refractivity contribution in [1.29, 1.82) is 0 Å². The van der Waals surface area contributed by atoms with Crippen molar-refractivity contribution < 1.29 is 14.6 Å². The molecule has 0 saturated carbocycles. The number of benzene rings is 1. The summed E-state index contributed by atoms with van der Waals surface area (Å²) >= 11 is 0. The Balaban J connectivity index is 2.28. The summed E-state index contributed by atoms with van der Waals surface area (Å²) in [4.78, 5) is 14.4. The van der Waals surface area contributed by atoms with Gasteiger partial charge in [-0.2, -0.15) is 0 Å².